The van der Waals surface area contributed by atoms with E-state index in [2.05, 4.69) is 18.8 Å². The molecule has 3 atom stereocenters. The Morgan fingerprint density at radius 1 is 1.19 bits per heavy atom. The van der Waals surface area contributed by atoms with Crippen molar-refractivity contribution in [2.24, 2.45) is 5.92 Å². The molecule has 0 saturated carbocycles. The van der Waals surface area contributed by atoms with Crippen molar-refractivity contribution in [2.75, 3.05) is 6.54 Å². The molecule has 5 heteroatoms. The van der Waals surface area contributed by atoms with Crippen molar-refractivity contribution < 1.29 is 18.7 Å². The third-order valence-corrected chi connectivity index (χ3v) is 5.74. The van der Waals surface area contributed by atoms with Crippen molar-refractivity contribution in [3.05, 3.63) is 48.0 Å². The van der Waals surface area contributed by atoms with E-state index in [9.17, 15) is 18.7 Å². The molecule has 1 heterocycles. The normalized spacial score (nSPS) is 20.0. The lowest BCUT2D eigenvalue weighted by Crippen LogP contribution is -2.36. The smallest absolute Gasteiger partial charge is 0.327 e. The molecule has 170 valence electrons. The molecule has 1 aromatic rings. The molecule has 1 aromatic carbocycles. The average molecular weight is 432 g/mol. The highest BCUT2D eigenvalue weighted by atomic mass is 19.3. The Morgan fingerprint density at radius 3 is 2.58 bits per heavy atom. The molecule has 2 unspecified atom stereocenters. The van der Waals surface area contributed by atoms with Crippen LogP contribution in [0.4, 0.5) is 8.78 Å². The number of unbranched alkanes of at least 4 members (excludes halogenated alkanes) is 5. The van der Waals surface area contributed by atoms with Crippen LogP contribution in [0.3, 0.4) is 0 Å². The maximum Gasteiger partial charge on any atom is 0.327 e. The topological polar surface area (TPSA) is 40.5 Å². The number of nitrogens with zero attached hydrogens (tertiary/aromatic N) is 1. The summed E-state index contributed by atoms with van der Waals surface area (Å²) < 4.78 is 28.0. The number of carbonyl (C=O) groups excluding carboxylic acids is 1. The Kier molecular flexibility index (Phi) is 10.2. The Bertz CT molecular complexity index is 767. The van der Waals surface area contributed by atoms with Crippen molar-refractivity contribution in [3.63, 3.8) is 0 Å². The molecular weight excluding hydrogens is 396 g/mol. The Hall–Kier alpha value is -2.19. The van der Waals surface area contributed by atoms with Crippen LogP contribution in [0.15, 0.2) is 42.5 Å². The Morgan fingerprint density at radius 2 is 1.87 bits per heavy atom. The summed E-state index contributed by atoms with van der Waals surface area (Å²) in [6.45, 7) is 4.36. The minimum absolute atomic E-state index is 0.142. The van der Waals surface area contributed by atoms with Crippen molar-refractivity contribution in [1.82, 2.24) is 4.90 Å². The first-order valence-corrected chi connectivity index (χ1v) is 11.4. The van der Waals surface area contributed by atoms with Crippen LogP contribution >= 0.6 is 0 Å². The quantitative estimate of drug-likeness (QED) is 0.282. The molecule has 1 saturated heterocycles. The van der Waals surface area contributed by atoms with E-state index in [1.54, 1.807) is 12.2 Å². The molecule has 0 aromatic heterocycles. The third kappa shape index (κ3) is 8.10. The predicted octanol–water partition coefficient (Wildman–Crippen LogP) is 5.58. The van der Waals surface area contributed by atoms with Gasteiger partial charge in [0.25, 0.3) is 5.91 Å². The zero-order valence-electron chi connectivity index (χ0n) is 18.7. The fourth-order valence-electron chi connectivity index (χ4n) is 3.71. The van der Waals surface area contributed by atoms with E-state index in [0.29, 0.717) is 13.0 Å². The first-order chi connectivity index (χ1) is 14.8. The summed E-state index contributed by atoms with van der Waals surface area (Å²) in [6, 6.07) is 8.93. The van der Waals surface area contributed by atoms with Gasteiger partial charge in [-0.15, -0.1) is 0 Å². The number of halogens is 2. The highest BCUT2D eigenvalue weighted by molar-refractivity contribution is 5.86. The van der Waals surface area contributed by atoms with Crippen LogP contribution in [0, 0.1) is 17.8 Å². The molecule has 0 radical (unpaired) electrons. The number of likely N-dealkylation sites (tertiary alicyclic amines) is 1. The maximum atomic E-state index is 14.0. The van der Waals surface area contributed by atoms with Gasteiger partial charge < -0.3 is 10.0 Å². The van der Waals surface area contributed by atoms with Gasteiger partial charge in [-0.1, -0.05) is 88.1 Å². The van der Waals surface area contributed by atoms with E-state index in [1.807, 2.05) is 37.3 Å². The van der Waals surface area contributed by atoms with Crippen LogP contribution in [-0.4, -0.2) is 40.5 Å². The standard InChI is InChI=1S/C26H35F2NO2/c1-3-4-5-6-7-11-19-29-23(20-26(27,28)25(29)31)17-18-24(30)21(2)13-12-16-22-14-9-8-10-15-22/h8-10,14-15,17-18,21,23-24,30H,3-7,11,13,19-20H2,1-2H3/b18-17+/t21?,23-,24?/m0/s1. The van der Waals surface area contributed by atoms with Crippen LogP contribution in [0.2, 0.25) is 0 Å². The van der Waals surface area contributed by atoms with Gasteiger partial charge >= 0.3 is 5.92 Å². The number of amides is 1. The monoisotopic (exact) mass is 431 g/mol. The zero-order valence-corrected chi connectivity index (χ0v) is 18.7. The summed E-state index contributed by atoms with van der Waals surface area (Å²) >= 11 is 0. The van der Waals surface area contributed by atoms with Crippen molar-refractivity contribution in [2.45, 2.75) is 83.3 Å². The van der Waals surface area contributed by atoms with Gasteiger partial charge in [0.15, 0.2) is 0 Å². The number of aliphatic hydroxyl groups is 1. The molecule has 3 nitrogen and oxygen atoms in total. The van der Waals surface area contributed by atoms with Crippen LogP contribution in [-0.2, 0) is 4.79 Å². The lowest BCUT2D eigenvalue weighted by Gasteiger charge is -2.22. The van der Waals surface area contributed by atoms with Crippen molar-refractivity contribution in [1.29, 1.82) is 0 Å². The maximum absolute atomic E-state index is 14.0. The molecule has 1 fully saturated rings. The number of alkyl halides is 2. The van der Waals surface area contributed by atoms with Crippen LogP contribution in [0.25, 0.3) is 0 Å². The van der Waals surface area contributed by atoms with E-state index in [0.717, 1.165) is 37.7 Å². The van der Waals surface area contributed by atoms with Gasteiger partial charge in [-0.2, -0.15) is 8.78 Å². The van der Waals surface area contributed by atoms with Crippen molar-refractivity contribution in [3.8, 4) is 11.8 Å². The van der Waals surface area contributed by atoms with Gasteiger partial charge in [-0.25, -0.2) is 0 Å². The highest BCUT2D eigenvalue weighted by Crippen LogP contribution is 2.34. The summed E-state index contributed by atoms with van der Waals surface area (Å²) in [4.78, 5) is 13.4. The van der Waals surface area contributed by atoms with Gasteiger partial charge in [-0.3, -0.25) is 4.79 Å². The summed E-state index contributed by atoms with van der Waals surface area (Å²) in [7, 11) is 0. The number of aliphatic hydroxyl groups excluding tert-OH is 1. The van der Waals surface area contributed by atoms with Crippen LogP contribution in [0.1, 0.15) is 70.8 Å². The Balaban J connectivity index is 1.88. The lowest BCUT2D eigenvalue weighted by molar-refractivity contribution is -0.148. The second-order valence-electron chi connectivity index (χ2n) is 8.47. The molecule has 2 rings (SSSR count). The van der Waals surface area contributed by atoms with Crippen molar-refractivity contribution >= 4 is 5.91 Å². The Labute approximate surface area is 185 Å². The van der Waals surface area contributed by atoms with Crippen LogP contribution < -0.4 is 0 Å². The average Bonchev–Trinajstić information content (AvgIpc) is 2.97. The first kappa shape index (κ1) is 25.1. The van der Waals surface area contributed by atoms with E-state index < -0.39 is 30.4 Å². The second-order valence-corrected chi connectivity index (χ2v) is 8.47. The molecule has 1 aliphatic rings. The van der Waals surface area contributed by atoms with E-state index in [-0.39, 0.29) is 5.92 Å². The number of benzene rings is 1. The molecule has 0 aliphatic carbocycles. The van der Waals surface area contributed by atoms with Gasteiger partial charge in [0.05, 0.1) is 12.1 Å². The molecule has 0 spiro atoms. The molecule has 1 aliphatic heterocycles. The summed E-state index contributed by atoms with van der Waals surface area (Å²) in [5.74, 6) is 1.56. The number of carbonyl (C=O) groups is 1. The largest absolute Gasteiger partial charge is 0.389 e. The first-order valence-electron chi connectivity index (χ1n) is 11.4. The molecule has 31 heavy (non-hydrogen) atoms. The fourth-order valence-corrected chi connectivity index (χ4v) is 3.71. The lowest BCUT2D eigenvalue weighted by atomic mass is 9.99. The third-order valence-electron chi connectivity index (χ3n) is 5.74. The summed E-state index contributed by atoms with van der Waals surface area (Å²) in [5.41, 5.74) is 0.914. The predicted molar refractivity (Wildman–Crippen MR) is 121 cm³/mol. The SMILES string of the molecule is CCCCCCCCN1C(=O)C(F)(F)C[C@@H]1/C=C/C(O)C(C)CC#Cc1ccccc1. The second kappa shape index (κ2) is 12.6. The van der Waals surface area contributed by atoms with Gasteiger partial charge in [0.1, 0.15) is 0 Å². The minimum atomic E-state index is -3.32. The molecule has 0 bridgehead atoms. The minimum Gasteiger partial charge on any atom is -0.389 e. The molecular formula is C26H35F2NO2. The highest BCUT2D eigenvalue weighted by Gasteiger charge is 2.52. The van der Waals surface area contributed by atoms with E-state index >= 15 is 0 Å². The number of rotatable bonds is 11. The van der Waals surface area contributed by atoms with Gasteiger partial charge in [-0.05, 0) is 24.5 Å². The summed E-state index contributed by atoms with van der Waals surface area (Å²) in [6.07, 6.45) is 8.48. The number of hydrogen-bond acceptors (Lipinski definition) is 2. The number of hydrogen-bond donors (Lipinski definition) is 1. The van der Waals surface area contributed by atoms with Gasteiger partial charge in [0.2, 0.25) is 0 Å². The molecule has 1 N–H and O–H groups in total. The fraction of sp³-hybridized carbons (Fsp3) is 0.577. The van der Waals surface area contributed by atoms with E-state index in [1.165, 1.54) is 11.3 Å². The van der Waals surface area contributed by atoms with Crippen LogP contribution in [0.5, 0.6) is 0 Å². The van der Waals surface area contributed by atoms with Gasteiger partial charge in [0, 0.05) is 24.9 Å². The summed E-state index contributed by atoms with van der Waals surface area (Å²) in [5, 5.41) is 10.4. The molecule has 1 amide bonds. The zero-order chi connectivity index (χ0) is 22.7. The van der Waals surface area contributed by atoms with E-state index in [4.69, 9.17) is 0 Å².